The Hall–Kier alpha value is -2.84. The largest absolute Gasteiger partial charge is 0.460 e. The number of benzene rings is 1. The molecule has 2 aromatic heterocycles. The Labute approximate surface area is 160 Å². The molecule has 2 amide bonds. The number of fused-ring (bicyclic) bond motifs is 1. The number of piperazine rings is 1. The van der Waals surface area contributed by atoms with Gasteiger partial charge in [-0.15, -0.1) is 0 Å². The molecule has 9 heteroatoms. The van der Waals surface area contributed by atoms with Gasteiger partial charge in [-0.1, -0.05) is 11.6 Å². The van der Waals surface area contributed by atoms with Crippen LogP contribution in [0.4, 0.5) is 4.79 Å². The van der Waals surface area contributed by atoms with Gasteiger partial charge in [0.25, 0.3) is 12.1 Å². The fourth-order valence-corrected chi connectivity index (χ4v) is 2.96. The molecule has 0 spiro atoms. The van der Waals surface area contributed by atoms with Gasteiger partial charge in [0.1, 0.15) is 11.3 Å². The molecular formula is C18H18ClN5O3. The van der Waals surface area contributed by atoms with E-state index in [9.17, 15) is 4.79 Å². The van der Waals surface area contributed by atoms with E-state index < -0.39 is 6.23 Å². The van der Waals surface area contributed by atoms with Crippen molar-refractivity contribution < 1.29 is 13.9 Å². The summed E-state index contributed by atoms with van der Waals surface area (Å²) in [5.74, 6) is 0.725. The van der Waals surface area contributed by atoms with Crippen molar-refractivity contribution in [1.29, 1.82) is 0 Å². The van der Waals surface area contributed by atoms with Crippen molar-refractivity contribution in [3.05, 3.63) is 53.6 Å². The highest BCUT2D eigenvalue weighted by Gasteiger charge is 2.26. The van der Waals surface area contributed by atoms with Gasteiger partial charge in [0.15, 0.2) is 5.58 Å². The zero-order valence-electron chi connectivity index (χ0n) is 14.4. The molecule has 0 bridgehead atoms. The number of nitrogens with one attached hydrogen (secondary N) is 2. The summed E-state index contributed by atoms with van der Waals surface area (Å²) in [6.45, 7) is 2.75. The molecule has 140 valence electrons. The lowest BCUT2D eigenvalue weighted by molar-refractivity contribution is 0.121. The topological polar surface area (TPSA) is 92.5 Å². The third-order valence-electron chi connectivity index (χ3n) is 4.14. The first-order valence-corrected chi connectivity index (χ1v) is 8.96. The van der Waals surface area contributed by atoms with Gasteiger partial charge >= 0.3 is 6.03 Å². The number of pyridine rings is 1. The Kier molecular flexibility index (Phi) is 5.08. The normalized spacial score (nSPS) is 15.5. The molecule has 3 heterocycles. The first-order chi connectivity index (χ1) is 13.2. The fraction of sp³-hybridized carbons (Fsp3) is 0.278. The predicted molar refractivity (Wildman–Crippen MR) is 99.6 cm³/mol. The van der Waals surface area contributed by atoms with Crippen molar-refractivity contribution in [1.82, 2.24) is 25.5 Å². The summed E-state index contributed by atoms with van der Waals surface area (Å²) in [5, 5.41) is 6.61. The Balaban J connectivity index is 1.60. The van der Waals surface area contributed by atoms with Gasteiger partial charge in [0.2, 0.25) is 0 Å². The smallest absolute Gasteiger partial charge is 0.320 e. The predicted octanol–water partition coefficient (Wildman–Crippen LogP) is 2.57. The maximum Gasteiger partial charge on any atom is 0.320 e. The molecule has 3 aromatic rings. The Morgan fingerprint density at radius 1 is 1.33 bits per heavy atom. The lowest BCUT2D eigenvalue weighted by atomic mass is 10.3. The molecule has 0 saturated carbocycles. The summed E-state index contributed by atoms with van der Waals surface area (Å²) in [5.41, 5.74) is 1.15. The number of hydrogen-bond donors (Lipinski definition) is 2. The van der Waals surface area contributed by atoms with E-state index in [0.717, 1.165) is 13.1 Å². The summed E-state index contributed by atoms with van der Waals surface area (Å²) >= 11 is 6.02. The quantitative estimate of drug-likeness (QED) is 0.668. The number of ether oxygens (including phenoxy) is 1. The second-order valence-electron chi connectivity index (χ2n) is 6.04. The van der Waals surface area contributed by atoms with Crippen LogP contribution in [0.15, 0.2) is 47.1 Å². The number of carbonyl (C=O) groups is 1. The molecule has 1 fully saturated rings. The molecule has 1 unspecified atom stereocenters. The van der Waals surface area contributed by atoms with Crippen molar-refractivity contribution in [2.75, 3.05) is 26.2 Å². The molecule has 2 N–H and O–H groups in total. The third-order valence-corrected chi connectivity index (χ3v) is 4.37. The minimum absolute atomic E-state index is 0.236. The molecule has 0 radical (unpaired) electrons. The zero-order chi connectivity index (χ0) is 18.6. The van der Waals surface area contributed by atoms with E-state index in [2.05, 4.69) is 20.6 Å². The molecule has 27 heavy (non-hydrogen) atoms. The number of urea groups is 1. The summed E-state index contributed by atoms with van der Waals surface area (Å²) in [6.07, 6.45) is 2.30. The number of rotatable bonds is 4. The summed E-state index contributed by atoms with van der Waals surface area (Å²) < 4.78 is 11.7. The van der Waals surface area contributed by atoms with E-state index in [1.807, 2.05) is 0 Å². The van der Waals surface area contributed by atoms with Crippen LogP contribution in [0.1, 0.15) is 12.1 Å². The van der Waals surface area contributed by atoms with Crippen LogP contribution in [0.5, 0.6) is 5.75 Å². The van der Waals surface area contributed by atoms with E-state index in [4.69, 9.17) is 20.8 Å². The average molecular weight is 388 g/mol. The van der Waals surface area contributed by atoms with E-state index >= 15 is 0 Å². The van der Waals surface area contributed by atoms with Crippen molar-refractivity contribution in [2.45, 2.75) is 6.23 Å². The van der Waals surface area contributed by atoms with Crippen LogP contribution in [-0.2, 0) is 0 Å². The van der Waals surface area contributed by atoms with E-state index in [-0.39, 0.29) is 11.9 Å². The van der Waals surface area contributed by atoms with E-state index in [0.29, 0.717) is 35.0 Å². The molecule has 1 saturated heterocycles. The van der Waals surface area contributed by atoms with Crippen molar-refractivity contribution in [3.8, 4) is 5.75 Å². The molecule has 1 aromatic carbocycles. The van der Waals surface area contributed by atoms with Crippen LogP contribution in [0.2, 0.25) is 5.02 Å². The van der Waals surface area contributed by atoms with Crippen LogP contribution in [0, 0.1) is 0 Å². The van der Waals surface area contributed by atoms with Crippen LogP contribution in [0.25, 0.3) is 11.1 Å². The van der Waals surface area contributed by atoms with Gasteiger partial charge in [-0.2, -0.15) is 0 Å². The second kappa shape index (κ2) is 7.81. The van der Waals surface area contributed by atoms with Gasteiger partial charge in [-0.05, 0) is 30.3 Å². The lowest BCUT2D eigenvalue weighted by Crippen LogP contribution is -2.51. The maximum atomic E-state index is 12.6. The zero-order valence-corrected chi connectivity index (χ0v) is 15.1. The number of oxazole rings is 1. The second-order valence-corrected chi connectivity index (χ2v) is 6.47. The SMILES string of the molecule is O=C(NC(Oc1cccnc1)c1nc2cc(Cl)ccc2o1)N1CCNCC1. The first-order valence-electron chi connectivity index (χ1n) is 8.58. The molecule has 1 atom stereocenters. The number of amides is 2. The Bertz CT molecular complexity index is 927. The number of nitrogens with zero attached hydrogens (tertiary/aromatic N) is 3. The van der Waals surface area contributed by atoms with Gasteiger partial charge in [0.05, 0.1) is 6.20 Å². The fourth-order valence-electron chi connectivity index (χ4n) is 2.80. The van der Waals surface area contributed by atoms with Gasteiger partial charge < -0.3 is 19.4 Å². The summed E-state index contributed by atoms with van der Waals surface area (Å²) in [4.78, 5) is 22.8. The first kappa shape index (κ1) is 17.6. The van der Waals surface area contributed by atoms with Crippen LogP contribution < -0.4 is 15.4 Å². The molecule has 0 aliphatic carbocycles. The maximum absolute atomic E-state index is 12.6. The minimum Gasteiger partial charge on any atom is -0.460 e. The Morgan fingerprint density at radius 3 is 2.96 bits per heavy atom. The molecule has 4 rings (SSSR count). The molecule has 1 aliphatic heterocycles. The van der Waals surface area contributed by atoms with Gasteiger partial charge in [-0.3, -0.25) is 10.3 Å². The monoisotopic (exact) mass is 387 g/mol. The Morgan fingerprint density at radius 2 is 2.19 bits per heavy atom. The number of hydrogen-bond acceptors (Lipinski definition) is 6. The number of aromatic nitrogens is 2. The van der Waals surface area contributed by atoms with Crippen LogP contribution in [-0.4, -0.2) is 47.1 Å². The minimum atomic E-state index is -0.900. The third kappa shape index (κ3) is 4.12. The van der Waals surface area contributed by atoms with Gasteiger partial charge in [-0.25, -0.2) is 9.78 Å². The average Bonchev–Trinajstić information content (AvgIpc) is 3.12. The summed E-state index contributed by atoms with van der Waals surface area (Å²) in [7, 11) is 0. The molecular weight excluding hydrogens is 370 g/mol. The van der Waals surface area contributed by atoms with Crippen molar-refractivity contribution >= 4 is 28.7 Å². The standard InChI is InChI=1S/C18H18ClN5O3/c19-12-3-4-15-14(10-12)22-16(27-15)17(26-13-2-1-5-21-11-13)23-18(25)24-8-6-20-7-9-24/h1-5,10-11,17,20H,6-9H2,(H,23,25). The molecule has 8 nitrogen and oxygen atoms in total. The lowest BCUT2D eigenvalue weighted by Gasteiger charge is -2.29. The highest BCUT2D eigenvalue weighted by Crippen LogP contribution is 2.25. The van der Waals surface area contributed by atoms with Gasteiger partial charge in [0, 0.05) is 37.4 Å². The number of halogens is 1. The summed E-state index contributed by atoms with van der Waals surface area (Å²) in [6, 6.07) is 8.39. The highest BCUT2D eigenvalue weighted by molar-refractivity contribution is 6.31. The van der Waals surface area contributed by atoms with Crippen LogP contribution in [0.3, 0.4) is 0 Å². The van der Waals surface area contributed by atoms with E-state index in [1.54, 1.807) is 47.6 Å². The highest BCUT2D eigenvalue weighted by atomic mass is 35.5. The molecule has 1 aliphatic rings. The van der Waals surface area contributed by atoms with Crippen molar-refractivity contribution in [3.63, 3.8) is 0 Å². The van der Waals surface area contributed by atoms with E-state index in [1.165, 1.54) is 0 Å². The number of carbonyl (C=O) groups excluding carboxylic acids is 1. The van der Waals surface area contributed by atoms with Crippen molar-refractivity contribution in [2.24, 2.45) is 0 Å². The van der Waals surface area contributed by atoms with Crippen LogP contribution >= 0.6 is 11.6 Å².